The van der Waals surface area contributed by atoms with Gasteiger partial charge in [-0.2, -0.15) is 0 Å². The number of nitrogens with zero attached hydrogens (tertiary/aromatic N) is 3. The fraction of sp³-hybridized carbons (Fsp3) is 0.200. The molecule has 0 aliphatic heterocycles. The summed E-state index contributed by atoms with van der Waals surface area (Å²) >= 11 is 0.984. The van der Waals surface area contributed by atoms with Gasteiger partial charge >= 0.3 is 5.97 Å². The molecule has 0 N–H and O–H groups in total. The van der Waals surface area contributed by atoms with Crippen LogP contribution in [0.2, 0.25) is 0 Å². The van der Waals surface area contributed by atoms with Crippen LogP contribution in [0.25, 0.3) is 11.4 Å². The maximum Gasteiger partial charge on any atom is 0.352 e. The molecule has 0 amide bonds. The van der Waals surface area contributed by atoms with Gasteiger partial charge in [-0.15, -0.1) is 5.10 Å². The Bertz CT molecular complexity index is 810. The smallest absolute Gasteiger partial charge is 0.352 e. The van der Waals surface area contributed by atoms with E-state index < -0.39 is 5.97 Å². The number of esters is 1. The van der Waals surface area contributed by atoms with Crippen molar-refractivity contribution in [3.8, 4) is 11.4 Å². The summed E-state index contributed by atoms with van der Waals surface area (Å²) < 4.78 is 14.3. The number of carbonyl (C=O) groups excluding carboxylic acids is 1. The number of ether oxygens (including phenoxy) is 1. The van der Waals surface area contributed by atoms with Gasteiger partial charge in [0.15, 0.2) is 10.8 Å². The third kappa shape index (κ3) is 2.89. The van der Waals surface area contributed by atoms with Crippen molar-refractivity contribution < 1.29 is 13.9 Å². The highest BCUT2D eigenvalue weighted by molar-refractivity contribution is 7.08. The van der Waals surface area contributed by atoms with E-state index in [2.05, 4.69) is 14.6 Å². The molecule has 0 unspecified atom stereocenters. The van der Waals surface area contributed by atoms with Crippen LogP contribution in [0.3, 0.4) is 0 Å². The Kier molecular flexibility index (Phi) is 3.97. The van der Waals surface area contributed by atoms with Crippen LogP contribution in [-0.2, 0) is 11.3 Å². The molecular weight excluding hydrogens is 302 g/mol. The van der Waals surface area contributed by atoms with Crippen LogP contribution >= 0.6 is 11.5 Å². The first-order valence-corrected chi connectivity index (χ1v) is 7.39. The number of benzene rings is 1. The van der Waals surface area contributed by atoms with Gasteiger partial charge in [-0.1, -0.05) is 28.8 Å². The highest BCUT2D eigenvalue weighted by Gasteiger charge is 2.21. The second-order valence-electron chi connectivity index (χ2n) is 4.71. The zero-order valence-corrected chi connectivity index (χ0v) is 12.9. The van der Waals surface area contributed by atoms with Gasteiger partial charge in [-0.05, 0) is 29.6 Å². The lowest BCUT2D eigenvalue weighted by atomic mass is 10.1. The van der Waals surface area contributed by atoms with E-state index in [4.69, 9.17) is 9.15 Å². The highest BCUT2D eigenvalue weighted by Crippen LogP contribution is 2.24. The molecule has 0 saturated carbocycles. The number of oxazole rings is 1. The molecule has 0 bridgehead atoms. The van der Waals surface area contributed by atoms with Crippen LogP contribution in [-0.4, -0.2) is 20.5 Å². The summed E-state index contributed by atoms with van der Waals surface area (Å²) in [7, 11) is 0. The molecule has 0 fully saturated rings. The molecular formula is C15H13N3O3S. The van der Waals surface area contributed by atoms with Crippen molar-refractivity contribution in [2.24, 2.45) is 0 Å². The summed E-state index contributed by atoms with van der Waals surface area (Å²) in [6, 6.07) is 7.75. The van der Waals surface area contributed by atoms with Gasteiger partial charge in [-0.3, -0.25) is 0 Å². The van der Waals surface area contributed by atoms with Gasteiger partial charge < -0.3 is 9.15 Å². The van der Waals surface area contributed by atoms with Gasteiger partial charge in [0, 0.05) is 6.92 Å². The van der Waals surface area contributed by atoms with Crippen LogP contribution < -0.4 is 0 Å². The predicted octanol–water partition coefficient (Wildman–Crippen LogP) is 3.17. The van der Waals surface area contributed by atoms with Gasteiger partial charge in [0.25, 0.3) is 0 Å². The summed E-state index contributed by atoms with van der Waals surface area (Å²) in [5.74, 6) is 0.0381. The maximum absolute atomic E-state index is 12.2. The minimum Gasteiger partial charge on any atom is -0.457 e. The molecule has 0 aliphatic rings. The molecule has 2 aromatic heterocycles. The monoisotopic (exact) mass is 315 g/mol. The van der Waals surface area contributed by atoms with Gasteiger partial charge in [0.2, 0.25) is 0 Å². The van der Waals surface area contributed by atoms with Crippen molar-refractivity contribution in [1.29, 1.82) is 0 Å². The Morgan fingerprint density at radius 2 is 2.14 bits per heavy atom. The molecule has 6 nitrogen and oxygen atoms in total. The fourth-order valence-corrected chi connectivity index (χ4v) is 2.51. The molecule has 0 aliphatic carbocycles. The van der Waals surface area contributed by atoms with Crippen molar-refractivity contribution in [2.75, 3.05) is 0 Å². The molecule has 3 rings (SSSR count). The van der Waals surface area contributed by atoms with E-state index in [-0.39, 0.29) is 6.61 Å². The van der Waals surface area contributed by atoms with E-state index in [1.807, 2.05) is 31.2 Å². The molecule has 0 saturated heterocycles. The normalized spacial score (nSPS) is 10.6. The van der Waals surface area contributed by atoms with E-state index in [0.717, 1.165) is 22.7 Å². The van der Waals surface area contributed by atoms with Crippen molar-refractivity contribution >= 4 is 17.5 Å². The molecule has 1 aromatic carbocycles. The van der Waals surface area contributed by atoms with Gasteiger partial charge in [0.05, 0.1) is 0 Å². The topological polar surface area (TPSA) is 78.1 Å². The number of hydrogen-bond acceptors (Lipinski definition) is 7. The average molecular weight is 315 g/mol. The summed E-state index contributed by atoms with van der Waals surface area (Å²) in [6.45, 7) is 3.90. The molecule has 0 radical (unpaired) electrons. The number of carbonyl (C=O) groups is 1. The maximum atomic E-state index is 12.2. The van der Waals surface area contributed by atoms with Crippen molar-refractivity contribution in [1.82, 2.24) is 14.6 Å². The molecule has 112 valence electrons. The number of rotatable bonds is 4. The lowest BCUT2D eigenvalue weighted by molar-refractivity contribution is 0.0478. The number of hydrogen-bond donors (Lipinski definition) is 0. The van der Waals surface area contributed by atoms with Crippen LogP contribution in [0.5, 0.6) is 0 Å². The summed E-state index contributed by atoms with van der Waals surface area (Å²) in [4.78, 5) is 16.7. The Balaban J connectivity index is 1.76. The van der Waals surface area contributed by atoms with Crippen molar-refractivity contribution in [3.63, 3.8) is 0 Å². The van der Waals surface area contributed by atoms with E-state index in [9.17, 15) is 4.79 Å². The highest BCUT2D eigenvalue weighted by atomic mass is 32.1. The van der Waals surface area contributed by atoms with Crippen LogP contribution in [0, 0.1) is 13.8 Å². The molecule has 22 heavy (non-hydrogen) atoms. The standard InChI is InChI=1S/C15H13N3O3S/c1-9-5-3-4-6-11(9)7-21-15(19)14-13(17-18-22-14)12-8-20-10(2)16-12/h3-6,8H,7H2,1-2H3. The van der Waals surface area contributed by atoms with Gasteiger partial charge in [0.1, 0.15) is 24.3 Å². The van der Waals surface area contributed by atoms with Gasteiger partial charge in [-0.25, -0.2) is 9.78 Å². The lowest BCUT2D eigenvalue weighted by Gasteiger charge is -2.06. The van der Waals surface area contributed by atoms with E-state index in [0.29, 0.717) is 22.2 Å². The Morgan fingerprint density at radius 1 is 1.32 bits per heavy atom. The van der Waals surface area contributed by atoms with E-state index in [1.165, 1.54) is 6.26 Å². The molecule has 0 spiro atoms. The SMILES string of the molecule is Cc1nc(-c2nnsc2C(=O)OCc2ccccc2C)co1. The molecule has 3 aromatic rings. The lowest BCUT2D eigenvalue weighted by Crippen LogP contribution is -2.05. The zero-order chi connectivity index (χ0) is 15.5. The third-order valence-corrected chi connectivity index (χ3v) is 3.86. The number of aromatic nitrogens is 3. The fourth-order valence-electron chi connectivity index (χ4n) is 1.95. The van der Waals surface area contributed by atoms with E-state index in [1.54, 1.807) is 6.92 Å². The minimum absolute atomic E-state index is 0.209. The summed E-state index contributed by atoms with van der Waals surface area (Å²) in [5.41, 5.74) is 2.91. The van der Waals surface area contributed by atoms with Crippen LogP contribution in [0.15, 0.2) is 34.9 Å². The molecule has 7 heteroatoms. The number of aryl methyl sites for hydroxylation is 2. The van der Waals surface area contributed by atoms with Crippen LogP contribution in [0.1, 0.15) is 26.7 Å². The first-order valence-electron chi connectivity index (χ1n) is 6.61. The first kappa shape index (κ1) is 14.4. The minimum atomic E-state index is -0.464. The summed E-state index contributed by atoms with van der Waals surface area (Å²) in [6.07, 6.45) is 1.45. The quantitative estimate of drug-likeness (QED) is 0.688. The zero-order valence-electron chi connectivity index (χ0n) is 12.1. The Morgan fingerprint density at radius 3 is 2.86 bits per heavy atom. The van der Waals surface area contributed by atoms with E-state index >= 15 is 0 Å². The molecule has 0 atom stereocenters. The second kappa shape index (κ2) is 6.07. The second-order valence-corrected chi connectivity index (χ2v) is 5.46. The van der Waals surface area contributed by atoms with Crippen LogP contribution in [0.4, 0.5) is 0 Å². The Labute approximate surface area is 130 Å². The predicted molar refractivity (Wildman–Crippen MR) is 80.4 cm³/mol. The third-order valence-electron chi connectivity index (χ3n) is 3.16. The molecule has 2 heterocycles. The van der Waals surface area contributed by atoms with Crippen molar-refractivity contribution in [2.45, 2.75) is 20.5 Å². The first-order chi connectivity index (χ1) is 10.6. The largest absolute Gasteiger partial charge is 0.457 e. The summed E-state index contributed by atoms with van der Waals surface area (Å²) in [5, 5.41) is 3.94. The average Bonchev–Trinajstić information content (AvgIpc) is 3.14. The van der Waals surface area contributed by atoms with Crippen molar-refractivity contribution in [3.05, 3.63) is 52.4 Å². The Hall–Kier alpha value is -2.54.